The van der Waals surface area contributed by atoms with E-state index in [-0.39, 0.29) is 5.82 Å². The summed E-state index contributed by atoms with van der Waals surface area (Å²) in [6.45, 7) is 3.67. The van der Waals surface area contributed by atoms with E-state index < -0.39 is 0 Å². The zero-order valence-corrected chi connectivity index (χ0v) is 10.9. The number of benzene rings is 1. The lowest BCUT2D eigenvalue weighted by atomic mass is 10.2. The zero-order valence-electron chi connectivity index (χ0n) is 10.1. The summed E-state index contributed by atoms with van der Waals surface area (Å²) in [5.74, 6) is -0.217. The van der Waals surface area contributed by atoms with Crippen molar-refractivity contribution >= 4 is 11.8 Å². The Hall–Kier alpha value is -1.40. The Morgan fingerprint density at radius 3 is 3.06 bits per heavy atom. The van der Waals surface area contributed by atoms with E-state index in [0.29, 0.717) is 11.7 Å². The van der Waals surface area contributed by atoms with Crippen LogP contribution in [0.1, 0.15) is 18.9 Å². The molecule has 0 bridgehead atoms. The SMILES string of the molecule is CCCNCc1cc(F)ccc1Sc1ncn[nH]1. The Kier molecular flexibility index (Phi) is 4.72. The molecule has 4 nitrogen and oxygen atoms in total. The largest absolute Gasteiger partial charge is 0.313 e. The fourth-order valence-electron chi connectivity index (χ4n) is 1.53. The lowest BCUT2D eigenvalue weighted by molar-refractivity contribution is 0.615. The lowest BCUT2D eigenvalue weighted by Crippen LogP contribution is -2.14. The summed E-state index contributed by atoms with van der Waals surface area (Å²) in [4.78, 5) is 5.04. The van der Waals surface area contributed by atoms with E-state index in [1.54, 1.807) is 12.1 Å². The van der Waals surface area contributed by atoms with Gasteiger partial charge in [0.25, 0.3) is 0 Å². The van der Waals surface area contributed by atoms with Crippen molar-refractivity contribution in [3.8, 4) is 0 Å². The number of hydrogen-bond acceptors (Lipinski definition) is 4. The molecule has 0 aliphatic carbocycles. The van der Waals surface area contributed by atoms with Gasteiger partial charge in [-0.05, 0) is 36.7 Å². The van der Waals surface area contributed by atoms with Crippen molar-refractivity contribution in [3.63, 3.8) is 0 Å². The Labute approximate surface area is 109 Å². The second-order valence-corrected chi connectivity index (χ2v) is 4.85. The molecule has 0 aliphatic heterocycles. The summed E-state index contributed by atoms with van der Waals surface area (Å²) in [5, 5.41) is 10.6. The molecular formula is C12H15FN4S. The third kappa shape index (κ3) is 3.54. The fraction of sp³-hybridized carbons (Fsp3) is 0.333. The Bertz CT molecular complexity index is 487. The van der Waals surface area contributed by atoms with Crippen LogP contribution < -0.4 is 5.32 Å². The molecule has 1 aromatic heterocycles. The summed E-state index contributed by atoms with van der Waals surface area (Å²) in [6, 6.07) is 4.79. The van der Waals surface area contributed by atoms with Gasteiger partial charge in [-0.2, -0.15) is 5.10 Å². The van der Waals surface area contributed by atoms with Gasteiger partial charge in [-0.25, -0.2) is 9.37 Å². The minimum Gasteiger partial charge on any atom is -0.313 e. The van der Waals surface area contributed by atoms with Gasteiger partial charge < -0.3 is 5.32 Å². The van der Waals surface area contributed by atoms with Crippen molar-refractivity contribution < 1.29 is 4.39 Å². The minimum atomic E-state index is -0.217. The smallest absolute Gasteiger partial charge is 0.188 e. The second kappa shape index (κ2) is 6.51. The van der Waals surface area contributed by atoms with Gasteiger partial charge in [0.2, 0.25) is 0 Å². The van der Waals surface area contributed by atoms with Gasteiger partial charge in [-0.3, -0.25) is 5.10 Å². The number of nitrogens with one attached hydrogen (secondary N) is 2. The highest BCUT2D eigenvalue weighted by molar-refractivity contribution is 7.99. The summed E-state index contributed by atoms with van der Waals surface area (Å²) in [7, 11) is 0. The average Bonchev–Trinajstić information content (AvgIpc) is 2.86. The molecule has 0 aliphatic rings. The zero-order chi connectivity index (χ0) is 12.8. The van der Waals surface area contributed by atoms with E-state index >= 15 is 0 Å². The maximum atomic E-state index is 13.3. The molecule has 0 atom stereocenters. The van der Waals surface area contributed by atoms with E-state index in [4.69, 9.17) is 0 Å². The van der Waals surface area contributed by atoms with Gasteiger partial charge in [0.05, 0.1) is 0 Å². The molecule has 0 saturated heterocycles. The van der Waals surface area contributed by atoms with Gasteiger partial charge in [0.15, 0.2) is 5.16 Å². The Morgan fingerprint density at radius 2 is 2.33 bits per heavy atom. The first-order chi connectivity index (χ1) is 8.79. The highest BCUT2D eigenvalue weighted by Gasteiger charge is 2.07. The fourth-order valence-corrected chi connectivity index (χ4v) is 2.34. The Balaban J connectivity index is 2.12. The molecule has 0 amide bonds. The molecule has 96 valence electrons. The number of nitrogens with zero attached hydrogens (tertiary/aromatic N) is 2. The molecule has 0 spiro atoms. The quantitative estimate of drug-likeness (QED) is 0.789. The third-order valence-electron chi connectivity index (χ3n) is 2.36. The van der Waals surface area contributed by atoms with Crippen LogP contribution in [-0.2, 0) is 6.54 Å². The van der Waals surface area contributed by atoms with Crippen LogP contribution in [0.4, 0.5) is 4.39 Å². The molecular weight excluding hydrogens is 251 g/mol. The Morgan fingerprint density at radius 1 is 1.44 bits per heavy atom. The van der Waals surface area contributed by atoms with Crippen LogP contribution in [0.3, 0.4) is 0 Å². The first-order valence-corrected chi connectivity index (χ1v) is 6.63. The number of hydrogen-bond donors (Lipinski definition) is 2. The molecule has 18 heavy (non-hydrogen) atoms. The highest BCUT2D eigenvalue weighted by atomic mass is 32.2. The maximum Gasteiger partial charge on any atom is 0.188 e. The summed E-state index contributed by atoms with van der Waals surface area (Å²) in [6.07, 6.45) is 2.51. The van der Waals surface area contributed by atoms with Crippen molar-refractivity contribution in [3.05, 3.63) is 35.9 Å². The minimum absolute atomic E-state index is 0.217. The number of aromatic amines is 1. The van der Waals surface area contributed by atoms with E-state index in [1.807, 2.05) is 0 Å². The van der Waals surface area contributed by atoms with Gasteiger partial charge in [-0.1, -0.05) is 18.7 Å². The van der Waals surface area contributed by atoms with E-state index in [0.717, 1.165) is 23.4 Å². The summed E-state index contributed by atoms with van der Waals surface area (Å²) < 4.78 is 13.3. The summed E-state index contributed by atoms with van der Waals surface area (Å²) >= 11 is 1.45. The first kappa shape index (κ1) is 13.0. The standard InChI is InChI=1S/C12H15FN4S/c1-2-5-14-7-9-6-10(13)3-4-11(9)18-12-15-8-16-17-12/h3-4,6,8,14H,2,5,7H2,1H3,(H,15,16,17). The van der Waals surface area contributed by atoms with Gasteiger partial charge in [0, 0.05) is 11.4 Å². The van der Waals surface area contributed by atoms with Gasteiger partial charge in [-0.15, -0.1) is 0 Å². The number of H-pyrrole nitrogens is 1. The topological polar surface area (TPSA) is 53.6 Å². The molecule has 0 fully saturated rings. The number of rotatable bonds is 6. The normalized spacial score (nSPS) is 10.8. The van der Waals surface area contributed by atoms with Crippen LogP contribution >= 0.6 is 11.8 Å². The monoisotopic (exact) mass is 266 g/mol. The van der Waals surface area contributed by atoms with Crippen LogP contribution in [0.5, 0.6) is 0 Å². The predicted molar refractivity (Wildman–Crippen MR) is 68.9 cm³/mol. The summed E-state index contributed by atoms with van der Waals surface area (Å²) in [5.41, 5.74) is 0.935. The molecule has 6 heteroatoms. The molecule has 2 N–H and O–H groups in total. The molecule has 2 rings (SSSR count). The van der Waals surface area contributed by atoms with E-state index in [1.165, 1.54) is 24.2 Å². The second-order valence-electron chi connectivity index (χ2n) is 3.82. The van der Waals surface area contributed by atoms with Crippen molar-refractivity contribution in [2.75, 3.05) is 6.54 Å². The molecule has 0 unspecified atom stereocenters. The lowest BCUT2D eigenvalue weighted by Gasteiger charge is -2.09. The molecule has 0 radical (unpaired) electrons. The van der Waals surface area contributed by atoms with Crippen LogP contribution in [0.2, 0.25) is 0 Å². The highest BCUT2D eigenvalue weighted by Crippen LogP contribution is 2.28. The van der Waals surface area contributed by atoms with E-state index in [2.05, 4.69) is 27.4 Å². The average molecular weight is 266 g/mol. The van der Waals surface area contributed by atoms with Crippen molar-refractivity contribution in [1.82, 2.24) is 20.5 Å². The van der Waals surface area contributed by atoms with Gasteiger partial charge in [0.1, 0.15) is 12.1 Å². The van der Waals surface area contributed by atoms with Crippen LogP contribution in [-0.4, -0.2) is 21.7 Å². The predicted octanol–water partition coefficient (Wildman–Crippen LogP) is 2.59. The van der Waals surface area contributed by atoms with Crippen molar-refractivity contribution in [2.45, 2.75) is 29.9 Å². The van der Waals surface area contributed by atoms with Gasteiger partial charge >= 0.3 is 0 Å². The molecule has 1 aromatic carbocycles. The molecule has 0 saturated carbocycles. The van der Waals surface area contributed by atoms with Crippen LogP contribution in [0.15, 0.2) is 34.6 Å². The van der Waals surface area contributed by atoms with Crippen LogP contribution in [0, 0.1) is 5.82 Å². The first-order valence-electron chi connectivity index (χ1n) is 5.82. The van der Waals surface area contributed by atoms with Crippen LogP contribution in [0.25, 0.3) is 0 Å². The molecule has 2 aromatic rings. The third-order valence-corrected chi connectivity index (χ3v) is 3.37. The number of aromatic nitrogens is 3. The van der Waals surface area contributed by atoms with Crippen molar-refractivity contribution in [1.29, 1.82) is 0 Å². The van der Waals surface area contributed by atoms with E-state index in [9.17, 15) is 4.39 Å². The van der Waals surface area contributed by atoms with Crippen molar-refractivity contribution in [2.24, 2.45) is 0 Å². The molecule has 1 heterocycles. The number of halogens is 1. The maximum absolute atomic E-state index is 13.3.